The van der Waals surface area contributed by atoms with E-state index < -0.39 is 0 Å². The van der Waals surface area contributed by atoms with Crippen LogP contribution in [0.4, 0.5) is 0 Å². The lowest BCUT2D eigenvalue weighted by molar-refractivity contribution is -0.124. The van der Waals surface area contributed by atoms with Gasteiger partial charge in [-0.05, 0) is 30.4 Å². The Morgan fingerprint density at radius 3 is 2.30 bits per heavy atom. The van der Waals surface area contributed by atoms with Gasteiger partial charge in [0.25, 0.3) is 0 Å². The summed E-state index contributed by atoms with van der Waals surface area (Å²) >= 11 is 0. The van der Waals surface area contributed by atoms with E-state index in [1.807, 2.05) is 42.5 Å². The molecule has 0 bridgehead atoms. The Kier molecular flexibility index (Phi) is 5.02. The minimum atomic E-state index is 0.108. The van der Waals surface area contributed by atoms with Gasteiger partial charge >= 0.3 is 0 Å². The molecular formula is C21H22O2. The fraction of sp³-hybridized carbons (Fsp3) is 0.333. The van der Waals surface area contributed by atoms with Gasteiger partial charge in [-0.2, -0.15) is 0 Å². The molecule has 3 rings (SSSR count). The number of benzene rings is 2. The van der Waals surface area contributed by atoms with Crippen molar-refractivity contribution in [2.45, 2.75) is 38.5 Å². The number of hydrogen-bond donors (Lipinski definition) is 0. The third kappa shape index (κ3) is 3.95. The van der Waals surface area contributed by atoms with Crippen LogP contribution in [0.2, 0.25) is 0 Å². The van der Waals surface area contributed by atoms with Gasteiger partial charge in [-0.25, -0.2) is 0 Å². The van der Waals surface area contributed by atoms with Crippen LogP contribution >= 0.6 is 0 Å². The van der Waals surface area contributed by atoms with Gasteiger partial charge in [0, 0.05) is 24.3 Å². The molecule has 0 saturated heterocycles. The lowest BCUT2D eigenvalue weighted by atomic mass is 9.84. The molecule has 1 saturated carbocycles. The molecule has 1 aliphatic rings. The van der Waals surface area contributed by atoms with Crippen molar-refractivity contribution in [1.29, 1.82) is 0 Å². The van der Waals surface area contributed by atoms with Gasteiger partial charge in [0.15, 0.2) is 5.78 Å². The molecular weight excluding hydrogens is 284 g/mol. The maximum Gasteiger partial charge on any atom is 0.162 e. The van der Waals surface area contributed by atoms with E-state index >= 15 is 0 Å². The lowest BCUT2D eigenvalue weighted by Crippen LogP contribution is -2.19. The minimum Gasteiger partial charge on any atom is -0.299 e. The molecule has 2 aromatic carbocycles. The van der Waals surface area contributed by atoms with Crippen LogP contribution in [0.3, 0.4) is 0 Å². The van der Waals surface area contributed by atoms with E-state index in [2.05, 4.69) is 12.1 Å². The summed E-state index contributed by atoms with van der Waals surface area (Å²) in [4.78, 5) is 24.2. The van der Waals surface area contributed by atoms with Crippen LogP contribution < -0.4 is 0 Å². The number of rotatable bonds is 5. The van der Waals surface area contributed by atoms with Crippen LogP contribution in [-0.2, 0) is 4.79 Å². The zero-order chi connectivity index (χ0) is 16.1. The second kappa shape index (κ2) is 7.36. The first-order chi connectivity index (χ1) is 11.2. The minimum absolute atomic E-state index is 0.108. The first-order valence-corrected chi connectivity index (χ1v) is 8.45. The zero-order valence-corrected chi connectivity index (χ0v) is 13.3. The van der Waals surface area contributed by atoms with Crippen molar-refractivity contribution < 1.29 is 9.59 Å². The molecule has 1 aliphatic carbocycles. The monoisotopic (exact) mass is 306 g/mol. The average molecular weight is 306 g/mol. The van der Waals surface area contributed by atoms with Gasteiger partial charge in [-0.1, -0.05) is 61.0 Å². The van der Waals surface area contributed by atoms with Crippen LogP contribution in [0, 0.1) is 5.92 Å². The molecule has 2 nitrogen and oxygen atoms in total. The smallest absolute Gasteiger partial charge is 0.162 e. The van der Waals surface area contributed by atoms with Gasteiger partial charge in [0.2, 0.25) is 0 Å². The highest BCUT2D eigenvalue weighted by atomic mass is 16.1. The van der Waals surface area contributed by atoms with E-state index in [1.165, 1.54) is 0 Å². The highest BCUT2D eigenvalue weighted by Gasteiger charge is 2.22. The lowest BCUT2D eigenvalue weighted by Gasteiger charge is -2.19. The number of carbonyl (C=O) groups excluding carboxylic acids is 2. The Morgan fingerprint density at radius 1 is 0.913 bits per heavy atom. The second-order valence-corrected chi connectivity index (χ2v) is 6.31. The molecule has 0 radical (unpaired) electrons. The summed E-state index contributed by atoms with van der Waals surface area (Å²) in [6.07, 6.45) is 4.98. The Labute approximate surface area is 137 Å². The van der Waals surface area contributed by atoms with Gasteiger partial charge < -0.3 is 0 Å². The number of carbonyl (C=O) groups is 2. The van der Waals surface area contributed by atoms with Crippen molar-refractivity contribution in [3.63, 3.8) is 0 Å². The first-order valence-electron chi connectivity index (χ1n) is 8.45. The third-order valence-corrected chi connectivity index (χ3v) is 4.71. The van der Waals surface area contributed by atoms with Gasteiger partial charge in [-0.3, -0.25) is 9.59 Å². The van der Waals surface area contributed by atoms with Crippen molar-refractivity contribution >= 4 is 11.6 Å². The predicted octanol–water partition coefficient (Wildman–Crippen LogP) is 5.08. The van der Waals surface area contributed by atoms with Crippen molar-refractivity contribution in [3.8, 4) is 11.1 Å². The summed E-state index contributed by atoms with van der Waals surface area (Å²) in [6.45, 7) is 0. The summed E-state index contributed by atoms with van der Waals surface area (Å²) in [6, 6.07) is 17.9. The van der Waals surface area contributed by atoms with Crippen molar-refractivity contribution in [2.24, 2.45) is 5.92 Å². The fourth-order valence-corrected chi connectivity index (χ4v) is 3.29. The normalized spacial score (nSPS) is 17.9. The van der Waals surface area contributed by atoms with Crippen LogP contribution in [0.25, 0.3) is 11.1 Å². The van der Waals surface area contributed by atoms with E-state index in [1.54, 1.807) is 0 Å². The SMILES string of the molecule is O=C(CCC1CCCCC1=O)c1ccc(-c2ccccc2)cc1. The molecule has 0 amide bonds. The number of hydrogen-bond acceptors (Lipinski definition) is 2. The maximum atomic E-state index is 12.3. The third-order valence-electron chi connectivity index (χ3n) is 4.71. The Bertz CT molecular complexity index is 671. The molecule has 0 N–H and O–H groups in total. The molecule has 0 aliphatic heterocycles. The highest BCUT2D eigenvalue weighted by Crippen LogP contribution is 2.25. The molecule has 0 spiro atoms. The zero-order valence-electron chi connectivity index (χ0n) is 13.3. The summed E-state index contributed by atoms with van der Waals surface area (Å²) in [5.41, 5.74) is 3.01. The molecule has 2 heteroatoms. The van der Waals surface area contributed by atoms with E-state index in [-0.39, 0.29) is 11.7 Å². The number of ketones is 2. The summed E-state index contributed by atoms with van der Waals surface area (Å²) < 4.78 is 0. The largest absolute Gasteiger partial charge is 0.299 e. The summed E-state index contributed by atoms with van der Waals surface area (Å²) in [7, 11) is 0. The summed E-state index contributed by atoms with van der Waals surface area (Å²) in [5, 5.41) is 0. The van der Waals surface area contributed by atoms with Gasteiger partial charge in [-0.15, -0.1) is 0 Å². The first kappa shape index (κ1) is 15.7. The number of Topliss-reactive ketones (excluding diaryl/α,β-unsaturated/α-hetero) is 2. The standard InChI is InChI=1S/C21H22O2/c22-20-9-5-4-8-18(20)14-15-21(23)19-12-10-17(11-13-19)16-6-2-1-3-7-16/h1-3,6-7,10-13,18H,4-5,8-9,14-15H2. The molecule has 1 fully saturated rings. The van der Waals surface area contributed by atoms with Crippen LogP contribution in [0.15, 0.2) is 54.6 Å². The van der Waals surface area contributed by atoms with Crippen LogP contribution in [0.5, 0.6) is 0 Å². The molecule has 118 valence electrons. The van der Waals surface area contributed by atoms with E-state index in [0.29, 0.717) is 25.0 Å². The van der Waals surface area contributed by atoms with E-state index in [0.717, 1.165) is 36.0 Å². The van der Waals surface area contributed by atoms with E-state index in [4.69, 9.17) is 0 Å². The Hall–Kier alpha value is -2.22. The average Bonchev–Trinajstić information content (AvgIpc) is 2.62. The Morgan fingerprint density at radius 2 is 1.61 bits per heavy atom. The Balaban J connectivity index is 1.60. The van der Waals surface area contributed by atoms with Crippen molar-refractivity contribution in [3.05, 3.63) is 60.2 Å². The molecule has 0 heterocycles. The molecule has 1 unspecified atom stereocenters. The van der Waals surface area contributed by atoms with Crippen molar-refractivity contribution in [2.75, 3.05) is 0 Å². The van der Waals surface area contributed by atoms with Crippen LogP contribution in [0.1, 0.15) is 48.9 Å². The van der Waals surface area contributed by atoms with Crippen LogP contribution in [-0.4, -0.2) is 11.6 Å². The predicted molar refractivity (Wildman–Crippen MR) is 92.4 cm³/mol. The fourth-order valence-electron chi connectivity index (χ4n) is 3.29. The maximum absolute atomic E-state index is 12.3. The molecule has 1 atom stereocenters. The van der Waals surface area contributed by atoms with E-state index in [9.17, 15) is 9.59 Å². The van der Waals surface area contributed by atoms with Gasteiger partial charge in [0.1, 0.15) is 5.78 Å². The van der Waals surface area contributed by atoms with Crippen molar-refractivity contribution in [1.82, 2.24) is 0 Å². The summed E-state index contributed by atoms with van der Waals surface area (Å²) in [5.74, 6) is 0.600. The molecule has 23 heavy (non-hydrogen) atoms. The quantitative estimate of drug-likeness (QED) is 0.722. The highest BCUT2D eigenvalue weighted by molar-refractivity contribution is 5.96. The topological polar surface area (TPSA) is 34.1 Å². The molecule has 0 aromatic heterocycles. The second-order valence-electron chi connectivity index (χ2n) is 6.31. The van der Waals surface area contributed by atoms with Gasteiger partial charge in [0.05, 0.1) is 0 Å². The molecule has 2 aromatic rings.